The summed E-state index contributed by atoms with van der Waals surface area (Å²) in [7, 11) is 0. The third kappa shape index (κ3) is 1.90. The molecule has 0 unspecified atom stereocenters. The standard InChI is InChI=1S/C20H15NO2/c1-12-9-10-17(13(2)11-12)21-19(22)15-7-3-5-14-6-4-8-16(18(14)15)20(21)23/h3-11H,1-2H3. The number of amides is 2. The Kier molecular flexibility index (Phi) is 2.85. The fourth-order valence-electron chi connectivity index (χ4n) is 3.31. The van der Waals surface area contributed by atoms with E-state index in [1.165, 1.54) is 4.90 Å². The van der Waals surface area contributed by atoms with Crippen LogP contribution in [0.1, 0.15) is 31.8 Å². The van der Waals surface area contributed by atoms with E-state index in [1.54, 1.807) is 12.1 Å². The molecule has 0 radical (unpaired) electrons. The zero-order valence-corrected chi connectivity index (χ0v) is 13.0. The lowest BCUT2D eigenvalue weighted by atomic mass is 9.93. The van der Waals surface area contributed by atoms with E-state index < -0.39 is 0 Å². The van der Waals surface area contributed by atoms with E-state index in [4.69, 9.17) is 0 Å². The lowest BCUT2D eigenvalue weighted by molar-refractivity contribution is 0.0893. The molecular weight excluding hydrogens is 286 g/mol. The molecule has 1 heterocycles. The zero-order valence-electron chi connectivity index (χ0n) is 13.0. The fourth-order valence-corrected chi connectivity index (χ4v) is 3.31. The van der Waals surface area contributed by atoms with Crippen molar-refractivity contribution in [3.8, 4) is 0 Å². The number of carbonyl (C=O) groups is 2. The second-order valence-corrected chi connectivity index (χ2v) is 5.94. The fraction of sp³-hybridized carbons (Fsp3) is 0.100. The van der Waals surface area contributed by atoms with E-state index in [9.17, 15) is 9.59 Å². The summed E-state index contributed by atoms with van der Waals surface area (Å²) in [5.41, 5.74) is 3.83. The summed E-state index contributed by atoms with van der Waals surface area (Å²) >= 11 is 0. The van der Waals surface area contributed by atoms with Crippen molar-refractivity contribution < 1.29 is 9.59 Å². The van der Waals surface area contributed by atoms with E-state index in [1.807, 2.05) is 56.3 Å². The quantitative estimate of drug-likeness (QED) is 0.630. The molecule has 0 atom stereocenters. The smallest absolute Gasteiger partial charge is 0.265 e. The van der Waals surface area contributed by atoms with Crippen LogP contribution in [0, 0.1) is 13.8 Å². The summed E-state index contributed by atoms with van der Waals surface area (Å²) < 4.78 is 0. The molecule has 0 aliphatic carbocycles. The van der Waals surface area contributed by atoms with Gasteiger partial charge in [-0.25, -0.2) is 4.90 Å². The molecule has 1 aliphatic heterocycles. The molecule has 2 amide bonds. The van der Waals surface area contributed by atoms with Gasteiger partial charge in [-0.15, -0.1) is 0 Å². The van der Waals surface area contributed by atoms with Gasteiger partial charge < -0.3 is 0 Å². The predicted molar refractivity (Wildman–Crippen MR) is 91.0 cm³/mol. The topological polar surface area (TPSA) is 37.4 Å². The highest BCUT2D eigenvalue weighted by molar-refractivity contribution is 6.35. The molecule has 0 spiro atoms. The van der Waals surface area contributed by atoms with Crippen LogP contribution in [0.3, 0.4) is 0 Å². The third-order valence-electron chi connectivity index (χ3n) is 4.36. The number of hydrogen-bond donors (Lipinski definition) is 0. The van der Waals surface area contributed by atoms with Crippen LogP contribution in [-0.2, 0) is 0 Å². The van der Waals surface area contributed by atoms with E-state index in [0.717, 1.165) is 21.9 Å². The molecule has 0 fully saturated rings. The average molecular weight is 301 g/mol. The molecule has 4 rings (SSSR count). The van der Waals surface area contributed by atoms with Crippen molar-refractivity contribution in [3.63, 3.8) is 0 Å². The van der Waals surface area contributed by atoms with Gasteiger partial charge in [-0.3, -0.25) is 9.59 Å². The number of nitrogens with zero attached hydrogens (tertiary/aromatic N) is 1. The Balaban J connectivity index is 1.99. The number of aryl methyl sites for hydroxylation is 2. The van der Waals surface area contributed by atoms with Crippen molar-refractivity contribution in [3.05, 3.63) is 76.9 Å². The van der Waals surface area contributed by atoms with Crippen molar-refractivity contribution in [2.24, 2.45) is 0 Å². The van der Waals surface area contributed by atoms with Crippen molar-refractivity contribution in [2.45, 2.75) is 13.8 Å². The van der Waals surface area contributed by atoms with Crippen LogP contribution in [0.4, 0.5) is 5.69 Å². The SMILES string of the molecule is Cc1ccc(N2C(=O)c3cccc4cccc(c34)C2=O)c(C)c1. The van der Waals surface area contributed by atoms with Gasteiger partial charge in [0, 0.05) is 16.5 Å². The predicted octanol–water partition coefficient (Wildman–Crippen LogP) is 4.26. The minimum Gasteiger partial charge on any atom is -0.268 e. The highest BCUT2D eigenvalue weighted by atomic mass is 16.2. The van der Waals surface area contributed by atoms with Gasteiger partial charge >= 0.3 is 0 Å². The summed E-state index contributed by atoms with van der Waals surface area (Å²) in [6.07, 6.45) is 0. The average Bonchev–Trinajstić information content (AvgIpc) is 2.54. The Morgan fingerprint density at radius 3 is 1.96 bits per heavy atom. The highest BCUT2D eigenvalue weighted by Gasteiger charge is 2.34. The van der Waals surface area contributed by atoms with Crippen LogP contribution >= 0.6 is 0 Å². The van der Waals surface area contributed by atoms with Crippen LogP contribution in [0.2, 0.25) is 0 Å². The van der Waals surface area contributed by atoms with Crippen LogP contribution in [0.15, 0.2) is 54.6 Å². The van der Waals surface area contributed by atoms with Gasteiger partial charge in [0.2, 0.25) is 0 Å². The first kappa shape index (κ1) is 13.7. The summed E-state index contributed by atoms with van der Waals surface area (Å²) in [4.78, 5) is 27.2. The lowest BCUT2D eigenvalue weighted by Crippen LogP contribution is -2.40. The first-order valence-electron chi connectivity index (χ1n) is 7.56. The number of imide groups is 1. The maximum absolute atomic E-state index is 13.0. The largest absolute Gasteiger partial charge is 0.268 e. The van der Waals surface area contributed by atoms with Gasteiger partial charge in [0.1, 0.15) is 0 Å². The first-order chi connectivity index (χ1) is 11.1. The minimum absolute atomic E-state index is 0.258. The van der Waals surface area contributed by atoms with E-state index in [2.05, 4.69) is 0 Å². The maximum Gasteiger partial charge on any atom is 0.265 e. The molecule has 3 aromatic carbocycles. The van der Waals surface area contributed by atoms with E-state index in [-0.39, 0.29) is 11.8 Å². The van der Waals surface area contributed by atoms with Crippen LogP contribution in [-0.4, -0.2) is 11.8 Å². The highest BCUT2D eigenvalue weighted by Crippen LogP contribution is 2.34. The van der Waals surface area contributed by atoms with E-state index >= 15 is 0 Å². The van der Waals surface area contributed by atoms with Gasteiger partial charge in [-0.1, -0.05) is 42.0 Å². The van der Waals surface area contributed by atoms with Gasteiger partial charge in [0.15, 0.2) is 0 Å². The molecule has 0 saturated heterocycles. The van der Waals surface area contributed by atoms with Crippen molar-refractivity contribution in [2.75, 3.05) is 4.90 Å². The first-order valence-corrected chi connectivity index (χ1v) is 7.56. The molecule has 23 heavy (non-hydrogen) atoms. The Labute approximate surface area is 134 Å². The molecule has 112 valence electrons. The normalized spacial score (nSPS) is 13.7. The molecule has 0 N–H and O–H groups in total. The molecule has 0 saturated carbocycles. The van der Waals surface area contributed by atoms with Crippen LogP contribution in [0.5, 0.6) is 0 Å². The number of hydrogen-bond acceptors (Lipinski definition) is 2. The second kappa shape index (κ2) is 4.78. The van der Waals surface area contributed by atoms with Crippen molar-refractivity contribution >= 4 is 28.3 Å². The maximum atomic E-state index is 13.0. The molecule has 0 bridgehead atoms. The van der Waals surface area contributed by atoms with Gasteiger partial charge in [-0.05, 0) is 43.0 Å². The van der Waals surface area contributed by atoms with Crippen molar-refractivity contribution in [1.29, 1.82) is 0 Å². The summed E-state index contributed by atoms with van der Waals surface area (Å²) in [6.45, 7) is 3.91. The Morgan fingerprint density at radius 1 is 0.783 bits per heavy atom. The van der Waals surface area contributed by atoms with Crippen molar-refractivity contribution in [1.82, 2.24) is 0 Å². The Hall–Kier alpha value is -2.94. The molecule has 3 aromatic rings. The Bertz CT molecular complexity index is 937. The lowest BCUT2D eigenvalue weighted by Gasteiger charge is -2.28. The molecular formula is C20H15NO2. The number of carbonyl (C=O) groups excluding carboxylic acids is 2. The minimum atomic E-state index is -0.258. The summed E-state index contributed by atoms with van der Waals surface area (Å²) in [5, 5.41) is 1.67. The van der Waals surface area contributed by atoms with Gasteiger partial charge in [0.05, 0.1) is 5.69 Å². The van der Waals surface area contributed by atoms with Crippen LogP contribution in [0.25, 0.3) is 10.8 Å². The Morgan fingerprint density at radius 2 is 1.39 bits per heavy atom. The summed E-state index contributed by atoms with van der Waals surface area (Å²) in [5.74, 6) is -0.516. The van der Waals surface area contributed by atoms with E-state index in [0.29, 0.717) is 16.8 Å². The zero-order chi connectivity index (χ0) is 16.1. The second-order valence-electron chi connectivity index (χ2n) is 5.94. The summed E-state index contributed by atoms with van der Waals surface area (Å²) in [6, 6.07) is 16.9. The molecule has 3 nitrogen and oxygen atoms in total. The third-order valence-corrected chi connectivity index (χ3v) is 4.36. The number of anilines is 1. The molecule has 1 aliphatic rings. The monoisotopic (exact) mass is 301 g/mol. The number of rotatable bonds is 1. The van der Waals surface area contributed by atoms with Crippen LogP contribution < -0.4 is 4.90 Å². The molecule has 3 heteroatoms. The molecule has 0 aromatic heterocycles. The number of benzene rings is 3. The van der Waals surface area contributed by atoms with Gasteiger partial charge in [0.25, 0.3) is 11.8 Å². The van der Waals surface area contributed by atoms with Gasteiger partial charge in [-0.2, -0.15) is 0 Å².